The first-order valence-electron chi connectivity index (χ1n) is 11.1. The summed E-state index contributed by atoms with van der Waals surface area (Å²) in [6, 6.07) is 22.0. The van der Waals surface area contributed by atoms with E-state index in [-0.39, 0.29) is 11.3 Å². The molecule has 0 aliphatic heterocycles. The van der Waals surface area contributed by atoms with E-state index in [0.717, 1.165) is 39.2 Å². The molecule has 1 atom stereocenters. The number of carbonyl (C=O) groups is 1. The van der Waals surface area contributed by atoms with Gasteiger partial charge in [-0.1, -0.05) is 69.3 Å². The second-order valence-electron chi connectivity index (χ2n) is 9.53. The van der Waals surface area contributed by atoms with E-state index in [1.54, 1.807) is 0 Å². The van der Waals surface area contributed by atoms with Crippen LogP contribution in [0.15, 0.2) is 66.7 Å². The zero-order chi connectivity index (χ0) is 23.0. The number of nitrogens with zero attached hydrogens (tertiary/aromatic N) is 2. The van der Waals surface area contributed by atoms with E-state index >= 15 is 0 Å². The van der Waals surface area contributed by atoms with Crippen LogP contribution in [-0.4, -0.2) is 15.5 Å². The number of hydrogen-bond donors (Lipinski definition) is 1. The Kier molecular flexibility index (Phi) is 5.64. The molecule has 4 rings (SSSR count). The number of benzene rings is 3. The molecule has 4 aromatic rings. The SMILES string of the molecule is Cc1cccc(NC(=O)C(C)n2c(-c3ccc(C(C)(C)C)cc3)nc3ccccc32)c1C. The lowest BCUT2D eigenvalue weighted by molar-refractivity contribution is -0.118. The van der Waals surface area contributed by atoms with E-state index in [9.17, 15) is 4.79 Å². The number of anilines is 1. The van der Waals surface area contributed by atoms with E-state index in [4.69, 9.17) is 4.98 Å². The topological polar surface area (TPSA) is 46.9 Å². The number of imidazole rings is 1. The third-order valence-corrected chi connectivity index (χ3v) is 6.23. The summed E-state index contributed by atoms with van der Waals surface area (Å²) in [5, 5.41) is 3.12. The predicted molar refractivity (Wildman–Crippen MR) is 133 cm³/mol. The van der Waals surface area contributed by atoms with Crippen molar-refractivity contribution < 1.29 is 4.79 Å². The van der Waals surface area contributed by atoms with Crippen molar-refractivity contribution in [3.05, 3.63) is 83.4 Å². The average Bonchev–Trinajstić information content (AvgIpc) is 3.15. The van der Waals surface area contributed by atoms with Gasteiger partial charge < -0.3 is 9.88 Å². The maximum absolute atomic E-state index is 13.3. The molecule has 0 aliphatic carbocycles. The third-order valence-electron chi connectivity index (χ3n) is 6.23. The number of aromatic nitrogens is 2. The van der Waals surface area contributed by atoms with Gasteiger partial charge >= 0.3 is 0 Å². The lowest BCUT2D eigenvalue weighted by atomic mass is 9.86. The van der Waals surface area contributed by atoms with Crippen LogP contribution in [-0.2, 0) is 10.2 Å². The van der Waals surface area contributed by atoms with Crippen LogP contribution in [0.5, 0.6) is 0 Å². The molecule has 1 amide bonds. The van der Waals surface area contributed by atoms with E-state index < -0.39 is 6.04 Å². The monoisotopic (exact) mass is 425 g/mol. The number of amides is 1. The van der Waals surface area contributed by atoms with Gasteiger partial charge in [-0.25, -0.2) is 4.98 Å². The first-order valence-corrected chi connectivity index (χ1v) is 11.1. The second kappa shape index (κ2) is 8.27. The van der Waals surface area contributed by atoms with E-state index in [1.165, 1.54) is 5.56 Å². The van der Waals surface area contributed by atoms with Gasteiger partial charge in [0.1, 0.15) is 11.9 Å². The molecule has 1 heterocycles. The van der Waals surface area contributed by atoms with Crippen LogP contribution in [0.3, 0.4) is 0 Å². The number of aryl methyl sites for hydroxylation is 1. The van der Waals surface area contributed by atoms with Crippen molar-refractivity contribution in [1.82, 2.24) is 9.55 Å². The largest absolute Gasteiger partial charge is 0.324 e. The molecule has 32 heavy (non-hydrogen) atoms. The van der Waals surface area contributed by atoms with Crippen LogP contribution in [0.2, 0.25) is 0 Å². The Hall–Kier alpha value is -3.40. The summed E-state index contributed by atoms with van der Waals surface area (Å²) in [5.41, 5.74) is 7.27. The standard InChI is InChI=1S/C28H31N3O/c1-18-10-9-12-23(19(18)2)30-27(32)20(3)31-25-13-8-7-11-24(25)29-26(31)21-14-16-22(17-15-21)28(4,5)6/h7-17,20H,1-6H3,(H,30,32). The van der Waals surface area contributed by atoms with E-state index in [0.29, 0.717) is 0 Å². The first kappa shape index (κ1) is 21.8. The van der Waals surface area contributed by atoms with Gasteiger partial charge in [-0.3, -0.25) is 4.79 Å². The summed E-state index contributed by atoms with van der Waals surface area (Å²) in [4.78, 5) is 18.2. The van der Waals surface area contributed by atoms with Gasteiger partial charge in [-0.05, 0) is 61.1 Å². The molecule has 1 aromatic heterocycles. The third kappa shape index (κ3) is 4.05. The van der Waals surface area contributed by atoms with Crippen LogP contribution in [0.1, 0.15) is 50.4 Å². The fourth-order valence-electron chi connectivity index (χ4n) is 4.00. The van der Waals surface area contributed by atoms with Gasteiger partial charge in [-0.2, -0.15) is 0 Å². The molecule has 3 aromatic carbocycles. The maximum Gasteiger partial charge on any atom is 0.247 e. The highest BCUT2D eigenvalue weighted by molar-refractivity contribution is 5.96. The van der Waals surface area contributed by atoms with Crippen molar-refractivity contribution in [3.63, 3.8) is 0 Å². The second-order valence-corrected chi connectivity index (χ2v) is 9.53. The lowest BCUT2D eigenvalue weighted by Gasteiger charge is -2.20. The van der Waals surface area contributed by atoms with Crippen LogP contribution in [0, 0.1) is 13.8 Å². The normalized spacial score (nSPS) is 12.7. The van der Waals surface area contributed by atoms with Gasteiger partial charge in [-0.15, -0.1) is 0 Å². The minimum atomic E-state index is -0.431. The Bertz CT molecular complexity index is 1280. The molecular weight excluding hydrogens is 394 g/mol. The molecule has 0 saturated heterocycles. The Morgan fingerprint density at radius 3 is 2.31 bits per heavy atom. The highest BCUT2D eigenvalue weighted by Gasteiger charge is 2.23. The summed E-state index contributed by atoms with van der Waals surface area (Å²) in [6.07, 6.45) is 0. The molecule has 0 saturated carbocycles. The highest BCUT2D eigenvalue weighted by atomic mass is 16.2. The summed E-state index contributed by atoms with van der Waals surface area (Å²) in [5.74, 6) is 0.740. The number of rotatable bonds is 4. The molecule has 164 valence electrons. The quantitative estimate of drug-likeness (QED) is 0.390. The lowest BCUT2D eigenvalue weighted by Crippen LogP contribution is -2.24. The molecule has 4 nitrogen and oxygen atoms in total. The van der Waals surface area contributed by atoms with Crippen molar-refractivity contribution in [2.45, 2.75) is 53.0 Å². The molecule has 0 fully saturated rings. The first-order chi connectivity index (χ1) is 15.2. The van der Waals surface area contributed by atoms with Crippen molar-refractivity contribution in [2.75, 3.05) is 5.32 Å². The number of nitrogens with one attached hydrogen (secondary N) is 1. The Morgan fingerprint density at radius 1 is 0.938 bits per heavy atom. The Labute approximate surface area is 190 Å². The molecule has 0 radical (unpaired) electrons. The highest BCUT2D eigenvalue weighted by Crippen LogP contribution is 2.31. The van der Waals surface area contributed by atoms with E-state index in [1.807, 2.05) is 54.8 Å². The van der Waals surface area contributed by atoms with Crippen LogP contribution in [0.4, 0.5) is 5.69 Å². The number of carbonyl (C=O) groups excluding carboxylic acids is 1. The number of fused-ring (bicyclic) bond motifs is 1. The predicted octanol–water partition coefficient (Wildman–Crippen LogP) is 6.82. The minimum absolute atomic E-state index is 0.0607. The van der Waals surface area contributed by atoms with Gasteiger partial charge in [0, 0.05) is 11.3 Å². The van der Waals surface area contributed by atoms with Gasteiger partial charge in [0.2, 0.25) is 5.91 Å². The molecule has 0 bridgehead atoms. The zero-order valence-electron chi connectivity index (χ0n) is 19.7. The summed E-state index contributed by atoms with van der Waals surface area (Å²) >= 11 is 0. The van der Waals surface area contributed by atoms with Crippen molar-refractivity contribution >= 4 is 22.6 Å². The van der Waals surface area contributed by atoms with Gasteiger partial charge in [0.05, 0.1) is 11.0 Å². The average molecular weight is 426 g/mol. The molecule has 1 N–H and O–H groups in total. The van der Waals surface area contributed by atoms with Crippen LogP contribution in [0.25, 0.3) is 22.4 Å². The smallest absolute Gasteiger partial charge is 0.247 e. The zero-order valence-corrected chi connectivity index (χ0v) is 19.7. The van der Waals surface area contributed by atoms with Gasteiger partial charge in [0.15, 0.2) is 0 Å². The van der Waals surface area contributed by atoms with Crippen molar-refractivity contribution in [1.29, 1.82) is 0 Å². The maximum atomic E-state index is 13.3. The van der Waals surface area contributed by atoms with Crippen LogP contribution < -0.4 is 5.32 Å². The molecule has 0 aliphatic rings. The molecule has 0 spiro atoms. The number of para-hydroxylation sites is 2. The van der Waals surface area contributed by atoms with Crippen molar-refractivity contribution in [3.8, 4) is 11.4 Å². The summed E-state index contributed by atoms with van der Waals surface area (Å²) in [6.45, 7) is 12.6. The van der Waals surface area contributed by atoms with E-state index in [2.05, 4.69) is 63.3 Å². The molecule has 1 unspecified atom stereocenters. The Balaban J connectivity index is 1.76. The molecule has 4 heteroatoms. The van der Waals surface area contributed by atoms with Crippen molar-refractivity contribution in [2.24, 2.45) is 0 Å². The minimum Gasteiger partial charge on any atom is -0.324 e. The van der Waals surface area contributed by atoms with Gasteiger partial charge in [0.25, 0.3) is 0 Å². The van der Waals surface area contributed by atoms with Crippen LogP contribution >= 0.6 is 0 Å². The fourth-order valence-corrected chi connectivity index (χ4v) is 4.00. The fraction of sp³-hybridized carbons (Fsp3) is 0.286. The molecular formula is C28H31N3O. The summed E-state index contributed by atoms with van der Waals surface area (Å²) in [7, 11) is 0. The number of hydrogen-bond acceptors (Lipinski definition) is 2. The summed E-state index contributed by atoms with van der Waals surface area (Å²) < 4.78 is 2.04. The Morgan fingerprint density at radius 2 is 1.62 bits per heavy atom.